The van der Waals surface area contributed by atoms with Crippen LogP contribution in [0.4, 0.5) is 5.69 Å². The molecule has 0 fully saturated rings. The highest BCUT2D eigenvalue weighted by Gasteiger charge is 2.28. The molecule has 0 saturated heterocycles. The highest BCUT2D eigenvalue weighted by molar-refractivity contribution is 6.64. The fraction of sp³-hybridized carbons (Fsp3) is 0. The lowest BCUT2D eigenvalue weighted by Crippen LogP contribution is -2.39. The SMILES string of the molecule is C=Cc1ccc(C2=Nc3ccccc3B(O)O2)cc1. The van der Waals surface area contributed by atoms with E-state index in [1.54, 1.807) is 12.1 Å². The second kappa shape index (κ2) is 4.74. The van der Waals surface area contributed by atoms with E-state index in [-0.39, 0.29) is 0 Å². The van der Waals surface area contributed by atoms with Crippen LogP contribution >= 0.6 is 0 Å². The smallest absolute Gasteiger partial charge is 0.518 e. The lowest BCUT2D eigenvalue weighted by atomic mass is 9.77. The minimum Gasteiger partial charge on any atom is -0.518 e. The normalized spacial score (nSPS) is 13.3. The summed E-state index contributed by atoms with van der Waals surface area (Å²) < 4.78 is 5.45. The Kier molecular flexibility index (Phi) is 2.93. The van der Waals surface area contributed by atoms with E-state index < -0.39 is 7.12 Å². The molecule has 1 aliphatic heterocycles. The van der Waals surface area contributed by atoms with Crippen molar-refractivity contribution >= 4 is 30.2 Å². The molecule has 0 spiro atoms. The third-order valence-corrected chi connectivity index (χ3v) is 3.04. The first-order valence-electron chi connectivity index (χ1n) is 6.03. The first kappa shape index (κ1) is 11.7. The van der Waals surface area contributed by atoms with Gasteiger partial charge in [0.1, 0.15) is 0 Å². The summed E-state index contributed by atoms with van der Waals surface area (Å²) in [6.45, 7) is 3.71. The standard InChI is InChI=1S/C15H12BNO2/c1-2-11-7-9-12(10-8-11)15-17-14-6-4-3-5-13(14)16(18)19-15/h2-10,18H,1H2. The van der Waals surface area contributed by atoms with Crippen molar-refractivity contribution in [3.63, 3.8) is 0 Å². The quantitative estimate of drug-likeness (QED) is 0.828. The van der Waals surface area contributed by atoms with Gasteiger partial charge in [-0.05, 0) is 23.8 Å². The van der Waals surface area contributed by atoms with Gasteiger partial charge in [-0.1, -0.05) is 43.0 Å². The van der Waals surface area contributed by atoms with Crippen LogP contribution in [0.25, 0.3) is 6.08 Å². The van der Waals surface area contributed by atoms with E-state index in [1.807, 2.05) is 42.5 Å². The first-order valence-corrected chi connectivity index (χ1v) is 6.03. The fourth-order valence-electron chi connectivity index (χ4n) is 2.00. The Morgan fingerprint density at radius 1 is 1.11 bits per heavy atom. The number of benzene rings is 2. The predicted molar refractivity (Wildman–Crippen MR) is 77.9 cm³/mol. The van der Waals surface area contributed by atoms with E-state index in [0.29, 0.717) is 11.4 Å². The van der Waals surface area contributed by atoms with Crippen LogP contribution in [-0.2, 0) is 4.65 Å². The summed E-state index contributed by atoms with van der Waals surface area (Å²) in [5.74, 6) is 0.432. The van der Waals surface area contributed by atoms with Crippen LogP contribution in [0.15, 0.2) is 60.1 Å². The van der Waals surface area contributed by atoms with Crippen LogP contribution in [0.5, 0.6) is 0 Å². The molecule has 0 radical (unpaired) electrons. The number of rotatable bonds is 2. The molecule has 0 saturated carbocycles. The van der Waals surface area contributed by atoms with Gasteiger partial charge < -0.3 is 9.68 Å². The highest BCUT2D eigenvalue weighted by Crippen LogP contribution is 2.18. The Labute approximate surface area is 112 Å². The number of nitrogens with zero attached hydrogens (tertiary/aromatic N) is 1. The molecule has 0 unspecified atom stereocenters. The summed E-state index contributed by atoms with van der Waals surface area (Å²) >= 11 is 0. The van der Waals surface area contributed by atoms with Crippen LogP contribution in [0, 0.1) is 0 Å². The van der Waals surface area contributed by atoms with Crippen molar-refractivity contribution in [2.45, 2.75) is 0 Å². The molecule has 0 atom stereocenters. The molecule has 19 heavy (non-hydrogen) atoms. The molecule has 1 N–H and O–H groups in total. The number of fused-ring (bicyclic) bond motifs is 1. The monoisotopic (exact) mass is 249 g/mol. The maximum atomic E-state index is 9.97. The lowest BCUT2D eigenvalue weighted by molar-refractivity contribution is 0.425. The van der Waals surface area contributed by atoms with E-state index in [2.05, 4.69) is 11.6 Å². The van der Waals surface area contributed by atoms with Crippen LogP contribution in [0.2, 0.25) is 0 Å². The Morgan fingerprint density at radius 2 is 1.84 bits per heavy atom. The maximum absolute atomic E-state index is 9.97. The van der Waals surface area contributed by atoms with Crippen molar-refractivity contribution in [2.24, 2.45) is 4.99 Å². The van der Waals surface area contributed by atoms with E-state index >= 15 is 0 Å². The molecule has 0 amide bonds. The summed E-state index contributed by atoms with van der Waals surface area (Å²) in [7, 11) is -0.970. The second-order valence-corrected chi connectivity index (χ2v) is 4.27. The van der Waals surface area contributed by atoms with Crippen molar-refractivity contribution in [3.8, 4) is 0 Å². The van der Waals surface area contributed by atoms with Gasteiger partial charge in [-0.3, -0.25) is 0 Å². The molecule has 0 aliphatic carbocycles. The van der Waals surface area contributed by atoms with Crippen molar-refractivity contribution < 1.29 is 9.68 Å². The largest absolute Gasteiger partial charge is 0.563 e. The van der Waals surface area contributed by atoms with Gasteiger partial charge in [-0.25, -0.2) is 4.99 Å². The highest BCUT2D eigenvalue weighted by atomic mass is 16.5. The van der Waals surface area contributed by atoms with Crippen molar-refractivity contribution in [2.75, 3.05) is 0 Å². The summed E-state index contributed by atoms with van der Waals surface area (Å²) in [6, 6.07) is 15.1. The van der Waals surface area contributed by atoms with Crippen molar-refractivity contribution in [1.82, 2.24) is 0 Å². The Balaban J connectivity index is 2.02. The second-order valence-electron chi connectivity index (χ2n) is 4.27. The minimum atomic E-state index is -0.970. The molecule has 1 heterocycles. The zero-order valence-corrected chi connectivity index (χ0v) is 10.3. The van der Waals surface area contributed by atoms with E-state index in [9.17, 15) is 5.02 Å². The maximum Gasteiger partial charge on any atom is 0.563 e. The molecule has 0 bridgehead atoms. The summed E-state index contributed by atoms with van der Waals surface area (Å²) in [4.78, 5) is 4.43. The van der Waals surface area contributed by atoms with Gasteiger partial charge in [0.15, 0.2) is 0 Å². The third-order valence-electron chi connectivity index (χ3n) is 3.04. The van der Waals surface area contributed by atoms with Crippen LogP contribution in [-0.4, -0.2) is 18.0 Å². The van der Waals surface area contributed by atoms with Gasteiger partial charge in [0.2, 0.25) is 5.90 Å². The van der Waals surface area contributed by atoms with Gasteiger partial charge in [0.25, 0.3) is 0 Å². The first-order chi connectivity index (χ1) is 9.28. The molecule has 3 rings (SSSR count). The lowest BCUT2D eigenvalue weighted by Gasteiger charge is -2.19. The Hall–Kier alpha value is -2.33. The Morgan fingerprint density at radius 3 is 2.58 bits per heavy atom. The Bertz CT molecular complexity index is 649. The summed E-state index contributed by atoms with van der Waals surface area (Å²) in [6.07, 6.45) is 1.78. The summed E-state index contributed by atoms with van der Waals surface area (Å²) in [5, 5.41) is 9.97. The van der Waals surface area contributed by atoms with E-state index in [1.165, 1.54) is 0 Å². The molecule has 92 valence electrons. The molecule has 2 aromatic rings. The topological polar surface area (TPSA) is 41.8 Å². The van der Waals surface area contributed by atoms with Gasteiger partial charge >= 0.3 is 7.12 Å². The van der Waals surface area contributed by atoms with Crippen molar-refractivity contribution in [1.29, 1.82) is 0 Å². The molecule has 1 aliphatic rings. The number of hydrogen-bond acceptors (Lipinski definition) is 3. The zero-order valence-electron chi connectivity index (χ0n) is 10.3. The molecule has 3 nitrogen and oxygen atoms in total. The predicted octanol–water partition coefficient (Wildman–Crippen LogP) is 2.13. The molecular formula is C15H12BNO2. The molecule has 2 aromatic carbocycles. The summed E-state index contributed by atoms with van der Waals surface area (Å²) in [5.41, 5.74) is 3.29. The van der Waals surface area contributed by atoms with Crippen LogP contribution in [0.1, 0.15) is 11.1 Å². The number of aliphatic imine (C=N–C) groups is 1. The molecular weight excluding hydrogens is 237 g/mol. The average molecular weight is 249 g/mol. The number of hydrogen-bond donors (Lipinski definition) is 1. The van der Waals surface area contributed by atoms with Gasteiger partial charge in [0.05, 0.1) is 5.69 Å². The van der Waals surface area contributed by atoms with Crippen LogP contribution < -0.4 is 5.46 Å². The molecule has 4 heteroatoms. The van der Waals surface area contributed by atoms with Crippen LogP contribution in [0.3, 0.4) is 0 Å². The van der Waals surface area contributed by atoms with E-state index in [4.69, 9.17) is 4.65 Å². The van der Waals surface area contributed by atoms with Gasteiger partial charge in [-0.2, -0.15) is 0 Å². The fourth-order valence-corrected chi connectivity index (χ4v) is 2.00. The average Bonchev–Trinajstić information content (AvgIpc) is 2.47. The zero-order chi connectivity index (χ0) is 13.2. The molecule has 0 aromatic heterocycles. The van der Waals surface area contributed by atoms with Crippen molar-refractivity contribution in [3.05, 3.63) is 66.2 Å². The third kappa shape index (κ3) is 2.18. The van der Waals surface area contributed by atoms with Gasteiger partial charge in [-0.15, -0.1) is 0 Å². The van der Waals surface area contributed by atoms with E-state index in [0.717, 1.165) is 16.8 Å². The number of para-hydroxylation sites is 1. The van der Waals surface area contributed by atoms with Gasteiger partial charge in [0, 0.05) is 11.0 Å². The minimum absolute atomic E-state index is 0.432.